The van der Waals surface area contributed by atoms with Crippen LogP contribution in [0, 0.1) is 0 Å². The average Bonchev–Trinajstić information content (AvgIpc) is 2.03. The number of halogens is 4. The van der Waals surface area contributed by atoms with Crippen LogP contribution in [0.15, 0.2) is 0 Å². The molecule has 58 valence electrons. The van der Waals surface area contributed by atoms with E-state index < -0.39 is 0 Å². The van der Waals surface area contributed by atoms with E-state index in [0.29, 0.717) is 0 Å². The van der Waals surface area contributed by atoms with Gasteiger partial charge in [0.05, 0.1) is 47.5 Å². The maximum absolute atomic E-state index is 6.47. The molecule has 0 aliphatic heterocycles. The van der Waals surface area contributed by atoms with Crippen LogP contribution < -0.4 is 29.6 Å². The first-order valence-electron chi connectivity index (χ1n) is 0.676. The van der Waals surface area contributed by atoms with Gasteiger partial charge in [0.25, 0.3) is 0 Å². The minimum atomic E-state index is 0. The average molecular weight is 234 g/mol. The molecule has 0 aliphatic rings. The zero-order valence-corrected chi connectivity index (χ0v) is 9.32. The summed E-state index contributed by atoms with van der Waals surface area (Å²) >= 11 is 14.6. The van der Waals surface area contributed by atoms with Gasteiger partial charge in [-0.25, -0.2) is 0 Å². The SMILES string of the molecule is OCl.OCl.OCl.OCl.[H-].[Na+]. The van der Waals surface area contributed by atoms with E-state index in [9.17, 15) is 0 Å². The molecule has 0 radical (unpaired) electrons. The first-order chi connectivity index (χ1) is 4.00. The molecular formula is H5Cl4NaO4. The Bertz CT molecular complexity index is 17.2. The minimum Gasteiger partial charge on any atom is -1.00 e. The molecule has 0 aromatic rings. The third-order valence-electron chi connectivity index (χ3n) is 0. The van der Waals surface area contributed by atoms with Gasteiger partial charge >= 0.3 is 29.6 Å². The van der Waals surface area contributed by atoms with E-state index in [1.54, 1.807) is 0 Å². The van der Waals surface area contributed by atoms with Gasteiger partial charge in [0.15, 0.2) is 0 Å². The monoisotopic (exact) mass is 232 g/mol. The van der Waals surface area contributed by atoms with E-state index >= 15 is 0 Å². The van der Waals surface area contributed by atoms with Gasteiger partial charge < -0.3 is 1.43 Å². The van der Waals surface area contributed by atoms with Crippen molar-refractivity contribution in [3.8, 4) is 0 Å². The van der Waals surface area contributed by atoms with Crippen LogP contribution in [-0.4, -0.2) is 18.6 Å². The molecule has 0 atom stereocenters. The molecule has 0 heterocycles. The smallest absolute Gasteiger partial charge is 1.00 e. The van der Waals surface area contributed by atoms with Crippen molar-refractivity contribution >= 4 is 47.5 Å². The molecule has 0 saturated carbocycles. The summed E-state index contributed by atoms with van der Waals surface area (Å²) in [5, 5.41) is 0. The Hall–Kier alpha value is 2.00. The summed E-state index contributed by atoms with van der Waals surface area (Å²) in [6.45, 7) is 0. The second-order valence-corrected chi connectivity index (χ2v) is 0. The fourth-order valence-corrected chi connectivity index (χ4v) is 0. The van der Waals surface area contributed by atoms with Crippen LogP contribution in [0.2, 0.25) is 0 Å². The van der Waals surface area contributed by atoms with Crippen molar-refractivity contribution in [2.75, 3.05) is 0 Å². The molecule has 9 heteroatoms. The Labute approximate surface area is 96.4 Å². The quantitative estimate of drug-likeness (QED) is 0.353. The predicted octanol–water partition coefficient (Wildman–Crippen LogP) is -2.35. The maximum Gasteiger partial charge on any atom is 1.00 e. The summed E-state index contributed by atoms with van der Waals surface area (Å²) < 4.78 is 25.9. The molecule has 0 amide bonds. The topological polar surface area (TPSA) is 80.9 Å². The molecule has 0 spiro atoms. The van der Waals surface area contributed by atoms with Crippen molar-refractivity contribution in [2.24, 2.45) is 0 Å². The summed E-state index contributed by atoms with van der Waals surface area (Å²) in [6.07, 6.45) is 0. The van der Waals surface area contributed by atoms with Crippen molar-refractivity contribution < 1.29 is 49.6 Å². The molecule has 0 saturated heterocycles. The number of rotatable bonds is 0. The normalized spacial score (nSPS) is 2.67. The third-order valence-corrected chi connectivity index (χ3v) is 0. The first-order valence-corrected chi connectivity index (χ1v) is 2.03. The zero-order valence-electron chi connectivity index (χ0n) is 5.30. The second-order valence-electron chi connectivity index (χ2n) is 0. The van der Waals surface area contributed by atoms with Gasteiger partial charge in [0, 0.05) is 0 Å². The van der Waals surface area contributed by atoms with E-state index in [1.165, 1.54) is 0 Å². The van der Waals surface area contributed by atoms with Gasteiger partial charge in [-0.1, -0.05) is 0 Å². The first kappa shape index (κ1) is 30.6. The molecule has 0 bridgehead atoms. The van der Waals surface area contributed by atoms with Gasteiger partial charge in [-0.2, -0.15) is 0 Å². The van der Waals surface area contributed by atoms with Gasteiger partial charge in [-0.05, 0) is 0 Å². The van der Waals surface area contributed by atoms with Crippen molar-refractivity contribution in [3.63, 3.8) is 0 Å². The molecule has 4 nitrogen and oxygen atoms in total. The fraction of sp³-hybridized carbons (Fsp3) is 0. The van der Waals surface area contributed by atoms with Crippen LogP contribution >= 0.6 is 47.5 Å². The van der Waals surface area contributed by atoms with E-state index in [1.807, 2.05) is 0 Å². The molecule has 0 fully saturated rings. The summed E-state index contributed by atoms with van der Waals surface area (Å²) in [6, 6.07) is 0. The van der Waals surface area contributed by atoms with Crippen LogP contribution in [0.5, 0.6) is 0 Å². The zero-order chi connectivity index (χ0) is 8.00. The van der Waals surface area contributed by atoms with E-state index in [0.717, 1.165) is 0 Å². The molecule has 0 aromatic heterocycles. The Morgan fingerprint density at radius 2 is 0.556 bits per heavy atom. The van der Waals surface area contributed by atoms with Crippen LogP contribution in [0.3, 0.4) is 0 Å². The maximum atomic E-state index is 6.47. The largest absolute Gasteiger partial charge is 1.00 e. The third kappa shape index (κ3) is 160. The molecule has 0 unspecified atom stereocenters. The van der Waals surface area contributed by atoms with E-state index in [2.05, 4.69) is 47.5 Å². The summed E-state index contributed by atoms with van der Waals surface area (Å²) in [5.41, 5.74) is 0. The number of hydrogen-bond donors (Lipinski definition) is 4. The Morgan fingerprint density at radius 3 is 0.556 bits per heavy atom. The van der Waals surface area contributed by atoms with Crippen LogP contribution in [0.1, 0.15) is 1.43 Å². The molecule has 9 heavy (non-hydrogen) atoms. The van der Waals surface area contributed by atoms with Crippen LogP contribution in [0.4, 0.5) is 0 Å². The van der Waals surface area contributed by atoms with Gasteiger partial charge in [-0.3, -0.25) is 18.6 Å². The standard InChI is InChI=1S/4ClHO.Na.H/c4*1-2;;/h4*2H;;/q;;;;+1;-1. The van der Waals surface area contributed by atoms with Gasteiger partial charge in [0.1, 0.15) is 0 Å². The summed E-state index contributed by atoms with van der Waals surface area (Å²) in [4.78, 5) is 0. The van der Waals surface area contributed by atoms with Crippen LogP contribution in [0.25, 0.3) is 0 Å². The van der Waals surface area contributed by atoms with Crippen LogP contribution in [-0.2, 0) is 0 Å². The summed E-state index contributed by atoms with van der Waals surface area (Å²) in [7, 11) is 0. The van der Waals surface area contributed by atoms with E-state index in [4.69, 9.17) is 18.6 Å². The molecule has 0 aromatic carbocycles. The molecule has 0 aliphatic carbocycles. The van der Waals surface area contributed by atoms with Crippen molar-refractivity contribution in [3.05, 3.63) is 0 Å². The van der Waals surface area contributed by atoms with Crippen molar-refractivity contribution in [1.29, 1.82) is 0 Å². The molecule has 4 N–H and O–H groups in total. The second kappa shape index (κ2) is 202. The minimum absolute atomic E-state index is 0. The summed E-state index contributed by atoms with van der Waals surface area (Å²) in [5.74, 6) is 0. The van der Waals surface area contributed by atoms with Gasteiger partial charge in [0.2, 0.25) is 0 Å². The predicted molar refractivity (Wildman–Crippen MR) is 33.4 cm³/mol. The molecular weight excluding hydrogens is 229 g/mol. The van der Waals surface area contributed by atoms with Crippen molar-refractivity contribution in [1.82, 2.24) is 0 Å². The number of hydrogen-bond acceptors (Lipinski definition) is 4. The Morgan fingerprint density at radius 1 is 0.556 bits per heavy atom. The molecule has 0 rings (SSSR count). The Kier molecular flexibility index (Phi) is 688. The fourth-order valence-electron chi connectivity index (χ4n) is 0. The van der Waals surface area contributed by atoms with Gasteiger partial charge in [-0.15, -0.1) is 0 Å². The van der Waals surface area contributed by atoms with E-state index in [-0.39, 0.29) is 31.0 Å². The Balaban J connectivity index is -0.00000000500. The van der Waals surface area contributed by atoms with Crippen molar-refractivity contribution in [2.45, 2.75) is 0 Å².